The largest absolute Gasteiger partial charge is 0.264 e. The van der Waals surface area contributed by atoms with E-state index in [-0.39, 0.29) is 0 Å². The second-order valence-electron chi connectivity index (χ2n) is 4.30. The van der Waals surface area contributed by atoms with Crippen LogP contribution in [0, 0.1) is 0 Å². The summed E-state index contributed by atoms with van der Waals surface area (Å²) in [4.78, 5) is 9.95. The highest BCUT2D eigenvalue weighted by atomic mass is 35.5. The lowest BCUT2D eigenvalue weighted by Crippen LogP contribution is -2.75. The Balaban J connectivity index is 1.74. The Morgan fingerprint density at radius 1 is 1.00 bits per heavy atom. The predicted octanol–water partition coefficient (Wildman–Crippen LogP) is 0.491. The maximum Gasteiger partial charge on any atom is 0.0702 e. The normalized spacial score (nSPS) is 50.5. The van der Waals surface area contributed by atoms with Crippen LogP contribution < -0.4 is 0 Å². The van der Waals surface area contributed by atoms with Crippen molar-refractivity contribution in [1.82, 2.24) is 19.6 Å². The van der Waals surface area contributed by atoms with Gasteiger partial charge >= 0.3 is 0 Å². The monoisotopic (exact) mass is 214 g/mol. The van der Waals surface area contributed by atoms with Gasteiger partial charge in [0, 0.05) is 5.54 Å². The van der Waals surface area contributed by atoms with Crippen LogP contribution in [0.3, 0.4) is 0 Å². The van der Waals surface area contributed by atoms with Crippen molar-refractivity contribution in [3.05, 3.63) is 11.6 Å². The molecule has 0 aliphatic carbocycles. The molecule has 0 unspecified atom stereocenters. The van der Waals surface area contributed by atoms with Gasteiger partial charge in [-0.3, -0.25) is 19.6 Å². The number of hydrogen-bond acceptors (Lipinski definition) is 4. The number of halogens is 1. The van der Waals surface area contributed by atoms with Gasteiger partial charge in [-0.25, -0.2) is 0 Å². The van der Waals surface area contributed by atoms with E-state index in [0.717, 1.165) is 39.8 Å². The van der Waals surface area contributed by atoms with Crippen molar-refractivity contribution in [3.63, 3.8) is 0 Å². The fourth-order valence-electron chi connectivity index (χ4n) is 2.75. The van der Waals surface area contributed by atoms with Crippen LogP contribution in [0.5, 0.6) is 0 Å². The van der Waals surface area contributed by atoms with Crippen LogP contribution in [-0.4, -0.2) is 59.1 Å². The van der Waals surface area contributed by atoms with Crippen molar-refractivity contribution < 1.29 is 0 Å². The molecular weight excluding hydrogens is 200 g/mol. The summed E-state index contributed by atoms with van der Waals surface area (Å²) in [7, 11) is 0. The van der Waals surface area contributed by atoms with Crippen LogP contribution >= 0.6 is 11.6 Å². The van der Waals surface area contributed by atoms with E-state index < -0.39 is 0 Å². The summed E-state index contributed by atoms with van der Waals surface area (Å²) < 4.78 is 0. The molecule has 0 aromatic rings. The van der Waals surface area contributed by atoms with Crippen LogP contribution in [0.25, 0.3) is 0 Å². The van der Waals surface area contributed by atoms with E-state index in [9.17, 15) is 0 Å². The van der Waals surface area contributed by atoms with E-state index in [2.05, 4.69) is 25.7 Å². The molecule has 0 aromatic heterocycles. The van der Waals surface area contributed by atoms with Crippen LogP contribution in [0.1, 0.15) is 6.42 Å². The second kappa shape index (κ2) is 3.47. The van der Waals surface area contributed by atoms with Gasteiger partial charge in [-0.1, -0.05) is 17.7 Å². The molecule has 4 heterocycles. The zero-order valence-corrected chi connectivity index (χ0v) is 8.90. The molecule has 4 bridgehead atoms. The molecule has 14 heavy (non-hydrogen) atoms. The predicted molar refractivity (Wildman–Crippen MR) is 55.1 cm³/mol. The van der Waals surface area contributed by atoms with Crippen molar-refractivity contribution in [2.45, 2.75) is 12.6 Å². The Morgan fingerprint density at radius 3 is 2.07 bits per heavy atom. The van der Waals surface area contributed by atoms with E-state index in [1.165, 1.54) is 0 Å². The van der Waals surface area contributed by atoms with Crippen LogP contribution in [0.15, 0.2) is 11.6 Å². The molecule has 4 rings (SSSR count). The molecule has 4 fully saturated rings. The van der Waals surface area contributed by atoms with Crippen LogP contribution in [-0.2, 0) is 0 Å². The highest BCUT2D eigenvalue weighted by molar-refractivity contribution is 6.25. The van der Waals surface area contributed by atoms with E-state index in [1.54, 1.807) is 5.54 Å². The lowest BCUT2D eigenvalue weighted by Gasteiger charge is -2.60. The zero-order chi connectivity index (χ0) is 9.54. The lowest BCUT2D eigenvalue weighted by atomic mass is 10.2. The smallest absolute Gasteiger partial charge is 0.0702 e. The van der Waals surface area contributed by atoms with Gasteiger partial charge in [0.1, 0.15) is 0 Å². The summed E-state index contributed by atoms with van der Waals surface area (Å²) >= 11 is 5.58. The zero-order valence-electron chi connectivity index (χ0n) is 8.14. The number of nitrogens with zero attached hydrogens (tertiary/aromatic N) is 4. The lowest BCUT2D eigenvalue weighted by molar-refractivity contribution is -0.229. The highest BCUT2D eigenvalue weighted by Gasteiger charge is 2.42. The van der Waals surface area contributed by atoms with Crippen molar-refractivity contribution in [1.29, 1.82) is 0 Å². The Bertz CT molecular complexity index is 227. The average molecular weight is 215 g/mol. The minimum atomic E-state index is 0.567. The minimum Gasteiger partial charge on any atom is -0.264 e. The molecule has 4 saturated heterocycles. The van der Waals surface area contributed by atoms with E-state index in [4.69, 9.17) is 11.6 Å². The van der Waals surface area contributed by atoms with Gasteiger partial charge in [-0.2, -0.15) is 0 Å². The third kappa shape index (κ3) is 1.38. The first-order chi connectivity index (χ1) is 6.86. The Kier molecular flexibility index (Phi) is 2.26. The number of rotatable bonds is 2. The quantitative estimate of drug-likeness (QED) is 0.664. The molecule has 0 spiro atoms. The molecular formula is C9H15ClN4. The van der Waals surface area contributed by atoms with Crippen molar-refractivity contribution >= 4 is 11.6 Å². The maximum atomic E-state index is 5.58. The van der Waals surface area contributed by atoms with Gasteiger partial charge in [-0.05, 0) is 6.42 Å². The first-order valence-corrected chi connectivity index (χ1v) is 5.48. The molecule has 4 aliphatic rings. The average Bonchev–Trinajstić information content (AvgIpc) is 2.15. The van der Waals surface area contributed by atoms with Gasteiger partial charge < -0.3 is 0 Å². The third-order valence-electron chi connectivity index (χ3n) is 3.21. The standard InChI is InChI=1S/C9H15ClN4/c10-3-1-2-9-13-5-11-4-12(7-13)8-14(9)6-11/h1,3,9H,2,4-8H2/b3-1+. The summed E-state index contributed by atoms with van der Waals surface area (Å²) in [5.74, 6) is 0. The first kappa shape index (κ1) is 9.12. The van der Waals surface area contributed by atoms with E-state index >= 15 is 0 Å². The van der Waals surface area contributed by atoms with Crippen LogP contribution in [0.2, 0.25) is 0 Å². The summed E-state index contributed by atoms with van der Waals surface area (Å²) in [6.07, 6.45) is 3.67. The molecule has 0 aromatic carbocycles. The molecule has 0 N–H and O–H groups in total. The molecule has 4 aliphatic heterocycles. The number of hydrogen-bond donors (Lipinski definition) is 0. The van der Waals surface area contributed by atoms with Gasteiger partial charge in [0.2, 0.25) is 0 Å². The molecule has 0 saturated carbocycles. The molecule has 5 heteroatoms. The van der Waals surface area contributed by atoms with Crippen LogP contribution in [0.4, 0.5) is 0 Å². The maximum absolute atomic E-state index is 5.58. The molecule has 0 amide bonds. The van der Waals surface area contributed by atoms with Crippen molar-refractivity contribution in [3.8, 4) is 0 Å². The fraction of sp³-hybridized carbons (Fsp3) is 0.778. The Morgan fingerprint density at radius 2 is 1.57 bits per heavy atom. The van der Waals surface area contributed by atoms with Gasteiger partial charge in [0.25, 0.3) is 0 Å². The van der Waals surface area contributed by atoms with E-state index in [0.29, 0.717) is 6.17 Å². The molecule has 4 nitrogen and oxygen atoms in total. The fourth-order valence-corrected chi connectivity index (χ4v) is 2.85. The van der Waals surface area contributed by atoms with Gasteiger partial charge in [-0.15, -0.1) is 0 Å². The SMILES string of the molecule is Cl/C=C/CC1N2CN3CN(C2)CN1C3. The van der Waals surface area contributed by atoms with Gasteiger partial charge in [0.15, 0.2) is 0 Å². The molecule has 78 valence electrons. The Hall–Kier alpha value is -0.130. The van der Waals surface area contributed by atoms with Crippen molar-refractivity contribution in [2.24, 2.45) is 0 Å². The van der Waals surface area contributed by atoms with Gasteiger partial charge in [0.05, 0.1) is 39.5 Å². The summed E-state index contributed by atoms with van der Waals surface area (Å²) in [6, 6.07) is 0. The summed E-state index contributed by atoms with van der Waals surface area (Å²) in [5.41, 5.74) is 1.63. The van der Waals surface area contributed by atoms with E-state index in [1.807, 2.05) is 0 Å². The first-order valence-electron chi connectivity index (χ1n) is 5.05. The summed E-state index contributed by atoms with van der Waals surface area (Å²) in [6.45, 7) is 5.62. The summed E-state index contributed by atoms with van der Waals surface area (Å²) in [5, 5.41) is 0. The topological polar surface area (TPSA) is 13.0 Å². The Labute approximate surface area is 89.3 Å². The third-order valence-corrected chi connectivity index (χ3v) is 3.38. The van der Waals surface area contributed by atoms with Crippen molar-refractivity contribution in [2.75, 3.05) is 33.3 Å². The minimum absolute atomic E-state index is 0.567. The highest BCUT2D eigenvalue weighted by Crippen LogP contribution is 2.27. The second-order valence-corrected chi connectivity index (χ2v) is 4.56. The molecule has 0 radical (unpaired) electrons. The molecule has 0 atom stereocenters.